The van der Waals surface area contributed by atoms with E-state index in [-0.39, 0.29) is 30.5 Å². The minimum atomic E-state index is -5.87. The Labute approximate surface area is 206 Å². The van der Waals surface area contributed by atoms with Crippen molar-refractivity contribution in [3.05, 3.63) is 46.6 Å². The van der Waals surface area contributed by atoms with Gasteiger partial charge in [-0.25, -0.2) is 0 Å². The van der Waals surface area contributed by atoms with Gasteiger partial charge in [-0.1, -0.05) is 30.7 Å². The Morgan fingerprint density at radius 3 is 2.44 bits per heavy atom. The van der Waals surface area contributed by atoms with Crippen molar-refractivity contribution < 1.29 is 36.6 Å². The van der Waals surface area contributed by atoms with Gasteiger partial charge in [0.2, 0.25) is 5.91 Å². The first-order chi connectivity index (χ1) is 16.7. The topological polar surface area (TPSA) is 80.4 Å². The third-order valence-corrected chi connectivity index (χ3v) is 9.74. The van der Waals surface area contributed by atoms with Crippen LogP contribution in [0.4, 0.5) is 22.0 Å². The van der Waals surface area contributed by atoms with Crippen LogP contribution in [0, 0.1) is 29.1 Å². The van der Waals surface area contributed by atoms with Crippen LogP contribution in [0.15, 0.2) is 46.6 Å². The summed E-state index contributed by atoms with van der Waals surface area (Å²) in [6, 6.07) is 0. The van der Waals surface area contributed by atoms with Crippen molar-refractivity contribution in [2.24, 2.45) is 34.8 Å². The lowest BCUT2D eigenvalue weighted by atomic mass is 9.49. The molecule has 0 heterocycles. The molecular weight excluding hydrogens is 481 g/mol. The lowest BCUT2D eigenvalue weighted by Gasteiger charge is -2.57. The maximum absolute atomic E-state index is 15.0. The zero-order chi connectivity index (χ0) is 26.3. The Morgan fingerprint density at radius 2 is 1.83 bits per heavy atom. The summed E-state index contributed by atoms with van der Waals surface area (Å²) in [6.45, 7) is 1.41. The molecule has 1 amide bonds. The van der Waals surface area contributed by atoms with Crippen molar-refractivity contribution in [2.75, 3.05) is 0 Å². The summed E-state index contributed by atoms with van der Waals surface area (Å²) in [5, 5.41) is 11.3. The van der Waals surface area contributed by atoms with E-state index < -0.39 is 47.3 Å². The first-order valence-electron chi connectivity index (χ1n) is 12.5. The number of aliphatic hydroxyl groups is 1. The molecule has 0 aliphatic heterocycles. The van der Waals surface area contributed by atoms with E-state index in [4.69, 9.17) is 5.73 Å². The van der Waals surface area contributed by atoms with Gasteiger partial charge in [0, 0.05) is 17.4 Å². The standard InChI is InChI=1S/C27H30F5NO3/c1-24-13-20(14-2-4-15(5-3-14)23(33)35)22-18-9-7-17(34)12-16(18)6-8-19(22)21(24)10-11-25(24,36)26(28,29)27(30,31)32/h2,4-5,12,14,19-21,36H,3,6-11,13H2,1H3,(H2,33,35)/t14?,19?,20-,21?,24?,25+/m1/s1. The zero-order valence-corrected chi connectivity index (χ0v) is 20.0. The fraction of sp³-hybridized carbons (Fsp3) is 0.630. The number of nitrogens with two attached hydrogens (primary N) is 1. The summed E-state index contributed by atoms with van der Waals surface area (Å²) in [6.07, 6.45) is 2.61. The van der Waals surface area contributed by atoms with Crippen LogP contribution in [0.1, 0.15) is 58.3 Å². The fourth-order valence-electron chi connectivity index (χ4n) is 7.98. The van der Waals surface area contributed by atoms with Crippen molar-refractivity contribution >= 4 is 11.7 Å². The van der Waals surface area contributed by atoms with Crippen LogP contribution in [-0.2, 0) is 9.59 Å². The Morgan fingerprint density at radius 1 is 1.11 bits per heavy atom. The quantitative estimate of drug-likeness (QED) is 0.503. The molecule has 5 rings (SSSR count). The zero-order valence-electron chi connectivity index (χ0n) is 20.0. The van der Waals surface area contributed by atoms with Gasteiger partial charge in [-0.05, 0) is 85.8 Å². The van der Waals surface area contributed by atoms with Gasteiger partial charge in [0.15, 0.2) is 5.78 Å². The van der Waals surface area contributed by atoms with E-state index in [0.717, 1.165) is 16.7 Å². The number of fused-ring (bicyclic) bond motifs is 4. The summed E-state index contributed by atoms with van der Waals surface area (Å²) in [7, 11) is 0. The summed E-state index contributed by atoms with van der Waals surface area (Å²) < 4.78 is 70.7. The number of amides is 1. The van der Waals surface area contributed by atoms with Crippen molar-refractivity contribution in [3.63, 3.8) is 0 Å². The first kappa shape index (κ1) is 25.4. The number of primary amides is 1. The van der Waals surface area contributed by atoms with Crippen molar-refractivity contribution in [1.29, 1.82) is 0 Å². The molecule has 5 aliphatic carbocycles. The number of alkyl halides is 5. The van der Waals surface area contributed by atoms with Crippen LogP contribution in [-0.4, -0.2) is 34.5 Å². The molecule has 5 aliphatic rings. The van der Waals surface area contributed by atoms with Gasteiger partial charge in [0.1, 0.15) is 5.60 Å². The summed E-state index contributed by atoms with van der Waals surface area (Å²) in [5.74, 6) is -7.24. The number of rotatable bonds is 3. The summed E-state index contributed by atoms with van der Waals surface area (Å²) in [4.78, 5) is 23.7. The highest BCUT2D eigenvalue weighted by Gasteiger charge is 2.79. The Balaban J connectivity index is 1.63. The molecule has 2 fully saturated rings. The molecule has 4 unspecified atom stereocenters. The second-order valence-corrected chi connectivity index (χ2v) is 11.3. The van der Waals surface area contributed by atoms with Gasteiger partial charge in [0.05, 0.1) is 0 Å². The van der Waals surface area contributed by atoms with Gasteiger partial charge < -0.3 is 10.8 Å². The fourth-order valence-corrected chi connectivity index (χ4v) is 7.98. The second kappa shape index (κ2) is 8.10. The molecule has 2 saturated carbocycles. The molecule has 0 radical (unpaired) electrons. The molecule has 3 N–H and O–H groups in total. The van der Waals surface area contributed by atoms with Crippen LogP contribution >= 0.6 is 0 Å². The molecule has 0 aromatic heterocycles. The molecule has 9 heteroatoms. The van der Waals surface area contributed by atoms with Crippen molar-refractivity contribution in [1.82, 2.24) is 0 Å². The average Bonchev–Trinajstić information content (AvgIpc) is 3.09. The molecule has 36 heavy (non-hydrogen) atoms. The van der Waals surface area contributed by atoms with Crippen LogP contribution in [0.25, 0.3) is 0 Å². The lowest BCUT2D eigenvalue weighted by molar-refractivity contribution is -0.363. The van der Waals surface area contributed by atoms with Crippen LogP contribution in [0.2, 0.25) is 0 Å². The van der Waals surface area contributed by atoms with E-state index in [9.17, 15) is 36.6 Å². The largest absolute Gasteiger partial charge is 0.456 e. The minimum Gasteiger partial charge on any atom is -0.383 e. The molecule has 4 nitrogen and oxygen atoms in total. The molecule has 0 spiro atoms. The van der Waals surface area contributed by atoms with E-state index in [2.05, 4.69) is 0 Å². The van der Waals surface area contributed by atoms with E-state index in [1.807, 2.05) is 0 Å². The summed E-state index contributed by atoms with van der Waals surface area (Å²) in [5.41, 5.74) is 3.85. The number of hydrogen-bond acceptors (Lipinski definition) is 3. The lowest BCUT2D eigenvalue weighted by Crippen LogP contribution is -2.65. The van der Waals surface area contributed by atoms with Crippen molar-refractivity contribution in [3.8, 4) is 0 Å². The molecule has 0 saturated heterocycles. The Kier molecular flexibility index (Phi) is 5.71. The summed E-state index contributed by atoms with van der Waals surface area (Å²) >= 11 is 0. The molecule has 0 aromatic carbocycles. The average molecular weight is 512 g/mol. The van der Waals surface area contributed by atoms with Gasteiger partial charge in [-0.2, -0.15) is 22.0 Å². The molecule has 196 valence electrons. The molecule has 0 bridgehead atoms. The monoisotopic (exact) mass is 511 g/mol. The third-order valence-electron chi connectivity index (χ3n) is 9.74. The second-order valence-electron chi connectivity index (χ2n) is 11.3. The normalized spacial score (nSPS) is 38.7. The first-order valence-corrected chi connectivity index (χ1v) is 12.5. The molecule has 6 atom stereocenters. The Hall–Kier alpha value is -2.29. The highest BCUT2D eigenvalue weighted by Crippen LogP contribution is 2.70. The number of carbonyl (C=O) groups excluding carboxylic acids is 2. The van der Waals surface area contributed by atoms with E-state index >= 15 is 0 Å². The van der Waals surface area contributed by atoms with Gasteiger partial charge in [-0.15, -0.1) is 0 Å². The number of halogens is 5. The number of carbonyl (C=O) groups is 2. The predicted octanol–water partition coefficient (Wildman–Crippen LogP) is 5.34. The molecular formula is C27H30F5NO3. The Bertz CT molecular complexity index is 1130. The highest BCUT2D eigenvalue weighted by molar-refractivity contribution is 5.95. The van der Waals surface area contributed by atoms with Gasteiger partial charge in [-0.3, -0.25) is 9.59 Å². The maximum atomic E-state index is 15.0. The number of allylic oxidation sites excluding steroid dienone is 6. The molecule has 0 aromatic rings. The maximum Gasteiger partial charge on any atom is 0.456 e. The van der Waals surface area contributed by atoms with Crippen LogP contribution in [0.5, 0.6) is 0 Å². The minimum absolute atomic E-state index is 0.0366. The SMILES string of the molecule is CC12C[C@H](C3C=CC(C(N)=O)=CC3)C3=C4CCC(=O)C=C4CCC3C1CC[C@@]2(O)C(F)(F)C(F)(F)F. The van der Waals surface area contributed by atoms with Crippen molar-refractivity contribution in [2.45, 2.75) is 76.0 Å². The number of hydrogen-bond donors (Lipinski definition) is 2. The van der Waals surface area contributed by atoms with E-state index in [0.29, 0.717) is 37.7 Å². The predicted molar refractivity (Wildman–Crippen MR) is 121 cm³/mol. The van der Waals surface area contributed by atoms with E-state index in [1.165, 1.54) is 6.92 Å². The van der Waals surface area contributed by atoms with Gasteiger partial charge in [0.25, 0.3) is 0 Å². The highest BCUT2D eigenvalue weighted by atomic mass is 19.4. The van der Waals surface area contributed by atoms with Gasteiger partial charge >= 0.3 is 12.1 Å². The van der Waals surface area contributed by atoms with Crippen LogP contribution in [0.3, 0.4) is 0 Å². The van der Waals surface area contributed by atoms with E-state index in [1.54, 1.807) is 24.3 Å². The van der Waals surface area contributed by atoms with Crippen LogP contribution < -0.4 is 5.73 Å². The number of ketones is 1. The smallest absolute Gasteiger partial charge is 0.383 e. The third kappa shape index (κ3) is 3.41.